The van der Waals surface area contributed by atoms with Crippen LogP contribution in [-0.4, -0.2) is 17.7 Å². The fourth-order valence-corrected chi connectivity index (χ4v) is 2.85. The van der Waals surface area contributed by atoms with E-state index in [4.69, 9.17) is 11.6 Å². The van der Waals surface area contributed by atoms with Gasteiger partial charge in [-0.15, -0.1) is 0 Å². The van der Waals surface area contributed by atoms with Crippen molar-refractivity contribution in [3.63, 3.8) is 0 Å². The lowest BCUT2D eigenvalue weighted by molar-refractivity contribution is -0.129. The van der Waals surface area contributed by atoms with Crippen molar-refractivity contribution in [2.45, 2.75) is 12.8 Å². The second-order valence-electron chi connectivity index (χ2n) is 5.32. The molecule has 24 heavy (non-hydrogen) atoms. The number of hydrogen-bond donors (Lipinski definition) is 1. The quantitative estimate of drug-likeness (QED) is 0.850. The maximum atomic E-state index is 12.9. The molecule has 0 radical (unpaired) electrons. The van der Waals surface area contributed by atoms with E-state index >= 15 is 0 Å². The van der Waals surface area contributed by atoms with E-state index in [2.05, 4.69) is 5.32 Å². The molecule has 5 nitrogen and oxygen atoms in total. The summed E-state index contributed by atoms with van der Waals surface area (Å²) in [6.07, 6.45) is 0. The van der Waals surface area contributed by atoms with Crippen LogP contribution >= 0.6 is 11.6 Å². The zero-order chi connectivity index (χ0) is 17.4. The Labute approximate surface area is 142 Å². The second-order valence-corrected chi connectivity index (χ2v) is 5.76. The van der Waals surface area contributed by atoms with Crippen molar-refractivity contribution in [3.05, 3.63) is 58.9 Å². The number of hydrogen-bond acceptors (Lipinski definition) is 3. The fraction of sp³-hybridized carbons (Fsp3) is 0.118. The number of nitrogens with zero attached hydrogens (tertiary/aromatic N) is 1. The molecule has 0 bridgehead atoms. The van der Waals surface area contributed by atoms with Crippen LogP contribution in [0.15, 0.2) is 42.5 Å². The van der Waals surface area contributed by atoms with Crippen molar-refractivity contribution < 1.29 is 18.8 Å². The molecular formula is C17H12ClFN2O3. The highest BCUT2D eigenvalue weighted by molar-refractivity contribution is 6.32. The number of benzene rings is 2. The van der Waals surface area contributed by atoms with Gasteiger partial charge >= 0.3 is 0 Å². The highest BCUT2D eigenvalue weighted by Crippen LogP contribution is 2.39. The average molecular weight is 347 g/mol. The lowest BCUT2D eigenvalue weighted by Crippen LogP contribution is -2.36. The molecule has 2 aromatic carbocycles. The molecule has 0 saturated carbocycles. The second kappa shape index (κ2) is 6.05. The van der Waals surface area contributed by atoms with E-state index in [1.165, 1.54) is 43.3 Å². The van der Waals surface area contributed by atoms with E-state index in [-0.39, 0.29) is 0 Å². The summed E-state index contributed by atoms with van der Waals surface area (Å²) < 4.78 is 12.9. The van der Waals surface area contributed by atoms with Gasteiger partial charge in [-0.1, -0.05) is 11.6 Å². The largest absolute Gasteiger partial charge is 0.325 e. The molecule has 1 aliphatic rings. The van der Waals surface area contributed by atoms with Gasteiger partial charge in [-0.2, -0.15) is 0 Å². The standard InChI is InChI=1S/C17H12ClFN2O3/c1-9(22)21-14-7-2-10(18)8-13(14)15(17(21)24)16(23)20-12-5-3-11(19)4-6-12/h2-8,15H,1H3,(H,20,23). The Hall–Kier alpha value is -2.73. The Morgan fingerprint density at radius 3 is 2.46 bits per heavy atom. The van der Waals surface area contributed by atoms with E-state index in [0.717, 1.165) is 4.90 Å². The Balaban J connectivity index is 1.96. The zero-order valence-corrected chi connectivity index (χ0v) is 13.3. The normalized spacial score (nSPS) is 16.0. The van der Waals surface area contributed by atoms with Crippen molar-refractivity contribution in [2.24, 2.45) is 0 Å². The fourth-order valence-electron chi connectivity index (χ4n) is 2.67. The molecule has 1 aliphatic heterocycles. The summed E-state index contributed by atoms with van der Waals surface area (Å²) in [5.74, 6) is -3.36. The van der Waals surface area contributed by atoms with Crippen LogP contribution in [0.5, 0.6) is 0 Å². The van der Waals surface area contributed by atoms with Gasteiger partial charge in [0.2, 0.25) is 11.8 Å². The minimum Gasteiger partial charge on any atom is -0.325 e. The molecule has 0 fully saturated rings. The third-order valence-electron chi connectivity index (χ3n) is 3.70. The Bertz CT molecular complexity index is 851. The van der Waals surface area contributed by atoms with Crippen molar-refractivity contribution in [1.29, 1.82) is 0 Å². The zero-order valence-electron chi connectivity index (χ0n) is 12.5. The van der Waals surface area contributed by atoms with Gasteiger partial charge in [0.05, 0.1) is 5.69 Å². The van der Waals surface area contributed by atoms with Crippen LogP contribution in [0.1, 0.15) is 18.4 Å². The molecule has 2 aromatic rings. The number of fused-ring (bicyclic) bond motifs is 1. The van der Waals surface area contributed by atoms with E-state index in [1.54, 1.807) is 6.07 Å². The first-order valence-electron chi connectivity index (χ1n) is 7.09. The van der Waals surface area contributed by atoms with Crippen LogP contribution in [0.3, 0.4) is 0 Å². The van der Waals surface area contributed by atoms with Crippen LogP contribution in [0.2, 0.25) is 5.02 Å². The van der Waals surface area contributed by atoms with Crippen LogP contribution in [-0.2, 0) is 14.4 Å². The lowest BCUT2D eigenvalue weighted by atomic mass is 10.00. The maximum absolute atomic E-state index is 12.9. The molecule has 122 valence electrons. The Kier molecular flexibility index (Phi) is 4.07. The number of halogens is 2. The summed E-state index contributed by atoms with van der Waals surface area (Å²) in [5.41, 5.74) is 1.05. The number of amides is 3. The Morgan fingerprint density at radius 2 is 1.83 bits per heavy atom. The monoisotopic (exact) mass is 346 g/mol. The highest BCUT2D eigenvalue weighted by atomic mass is 35.5. The minimum absolute atomic E-state index is 0.344. The summed E-state index contributed by atoms with van der Waals surface area (Å²) in [6.45, 7) is 1.25. The van der Waals surface area contributed by atoms with Crippen molar-refractivity contribution in [2.75, 3.05) is 10.2 Å². The predicted octanol–water partition coefficient (Wildman–Crippen LogP) is 3.09. The molecule has 1 unspecified atom stereocenters. The van der Waals surface area contributed by atoms with Crippen molar-refractivity contribution in [3.8, 4) is 0 Å². The van der Waals surface area contributed by atoms with Gasteiger partial charge in [0, 0.05) is 17.6 Å². The molecule has 1 heterocycles. The molecule has 1 N–H and O–H groups in total. The third-order valence-corrected chi connectivity index (χ3v) is 3.93. The van der Waals surface area contributed by atoms with Crippen LogP contribution < -0.4 is 10.2 Å². The molecule has 0 aliphatic carbocycles. The third kappa shape index (κ3) is 2.76. The minimum atomic E-state index is -1.19. The summed E-state index contributed by atoms with van der Waals surface area (Å²) in [7, 11) is 0. The van der Waals surface area contributed by atoms with E-state index in [9.17, 15) is 18.8 Å². The van der Waals surface area contributed by atoms with Gasteiger partial charge in [-0.05, 0) is 48.0 Å². The average Bonchev–Trinajstić information content (AvgIpc) is 2.80. The van der Waals surface area contributed by atoms with E-state index in [1.807, 2.05) is 0 Å². The smallest absolute Gasteiger partial charge is 0.250 e. The number of carbonyl (C=O) groups excluding carboxylic acids is 3. The SMILES string of the molecule is CC(=O)N1C(=O)C(C(=O)Nc2ccc(F)cc2)c2cc(Cl)ccc21. The number of nitrogens with one attached hydrogen (secondary N) is 1. The molecule has 3 rings (SSSR count). The number of rotatable bonds is 2. The van der Waals surface area contributed by atoms with Crippen LogP contribution in [0.25, 0.3) is 0 Å². The maximum Gasteiger partial charge on any atom is 0.250 e. The van der Waals surface area contributed by atoms with E-state index < -0.39 is 29.5 Å². The first kappa shape index (κ1) is 16.1. The van der Waals surface area contributed by atoms with Gasteiger partial charge < -0.3 is 5.32 Å². The molecule has 7 heteroatoms. The molecular weight excluding hydrogens is 335 g/mol. The topological polar surface area (TPSA) is 66.5 Å². The first-order chi connectivity index (χ1) is 11.4. The lowest BCUT2D eigenvalue weighted by Gasteiger charge is -2.13. The number of carbonyl (C=O) groups is 3. The summed E-state index contributed by atoms with van der Waals surface area (Å²) >= 11 is 5.96. The van der Waals surface area contributed by atoms with Gasteiger partial charge in [-0.25, -0.2) is 9.29 Å². The number of anilines is 2. The van der Waals surface area contributed by atoms with Crippen LogP contribution in [0.4, 0.5) is 15.8 Å². The van der Waals surface area contributed by atoms with E-state index in [0.29, 0.717) is 22.0 Å². The summed E-state index contributed by atoms with van der Waals surface area (Å²) in [6, 6.07) is 9.72. The molecule has 1 atom stereocenters. The van der Waals surface area contributed by atoms with Crippen molar-refractivity contribution >= 4 is 40.7 Å². The number of imide groups is 1. The Morgan fingerprint density at radius 1 is 1.17 bits per heavy atom. The molecule has 0 aromatic heterocycles. The molecule has 0 saturated heterocycles. The van der Waals surface area contributed by atoms with Crippen LogP contribution in [0, 0.1) is 5.82 Å². The summed E-state index contributed by atoms with van der Waals surface area (Å²) in [5, 5.41) is 2.91. The van der Waals surface area contributed by atoms with Gasteiger partial charge in [0.25, 0.3) is 5.91 Å². The van der Waals surface area contributed by atoms with Gasteiger partial charge in [-0.3, -0.25) is 14.4 Å². The molecule has 3 amide bonds. The van der Waals surface area contributed by atoms with Crippen molar-refractivity contribution in [1.82, 2.24) is 0 Å². The van der Waals surface area contributed by atoms with Gasteiger partial charge in [0.15, 0.2) is 0 Å². The molecule has 0 spiro atoms. The predicted molar refractivity (Wildman–Crippen MR) is 87.4 cm³/mol. The summed E-state index contributed by atoms with van der Waals surface area (Å²) in [4.78, 5) is 37.8. The highest BCUT2D eigenvalue weighted by Gasteiger charge is 2.43. The van der Waals surface area contributed by atoms with Gasteiger partial charge in [0.1, 0.15) is 11.7 Å². The first-order valence-corrected chi connectivity index (χ1v) is 7.46.